The molecular weight excluding hydrogens is 280 g/mol. The Morgan fingerprint density at radius 3 is 2.50 bits per heavy atom. The van der Waals surface area contributed by atoms with E-state index in [1.165, 1.54) is 5.56 Å². The summed E-state index contributed by atoms with van der Waals surface area (Å²) in [7, 11) is 1.64. The van der Waals surface area contributed by atoms with E-state index in [1.807, 2.05) is 24.3 Å². The Morgan fingerprint density at radius 2 is 1.86 bits per heavy atom. The van der Waals surface area contributed by atoms with Gasteiger partial charge in [-0.25, -0.2) is 0 Å². The summed E-state index contributed by atoms with van der Waals surface area (Å²) in [6, 6.07) is 7.81. The smallest absolute Gasteiger partial charge is 0.228 e. The summed E-state index contributed by atoms with van der Waals surface area (Å²) in [4.78, 5) is 24.0. The largest absolute Gasteiger partial charge is 0.385 e. The molecule has 1 aromatic rings. The monoisotopic (exact) mass is 304 g/mol. The van der Waals surface area contributed by atoms with Crippen molar-refractivity contribution in [2.24, 2.45) is 11.8 Å². The Labute approximate surface area is 131 Å². The lowest BCUT2D eigenvalue weighted by Gasteiger charge is -2.06. The summed E-state index contributed by atoms with van der Waals surface area (Å²) < 4.78 is 4.93. The lowest BCUT2D eigenvalue weighted by molar-refractivity contribution is -0.125. The minimum Gasteiger partial charge on any atom is -0.385 e. The van der Waals surface area contributed by atoms with Crippen LogP contribution < -0.4 is 10.6 Å². The maximum Gasteiger partial charge on any atom is 0.228 e. The zero-order chi connectivity index (χ0) is 15.9. The Hall–Kier alpha value is -1.88. The van der Waals surface area contributed by atoms with Gasteiger partial charge in [-0.2, -0.15) is 0 Å². The first-order valence-corrected chi connectivity index (χ1v) is 7.82. The molecule has 2 amide bonds. The van der Waals surface area contributed by atoms with Gasteiger partial charge in [-0.1, -0.05) is 19.1 Å². The van der Waals surface area contributed by atoms with Crippen molar-refractivity contribution in [1.82, 2.24) is 5.32 Å². The van der Waals surface area contributed by atoms with Gasteiger partial charge in [-0.05, 0) is 37.0 Å². The second-order valence-electron chi connectivity index (χ2n) is 5.63. The summed E-state index contributed by atoms with van der Waals surface area (Å²) in [5.74, 6) is -0.482. The van der Waals surface area contributed by atoms with Crippen LogP contribution in [-0.2, 0) is 20.7 Å². The van der Waals surface area contributed by atoms with Crippen molar-refractivity contribution in [2.45, 2.75) is 26.2 Å². The molecule has 2 rings (SSSR count). The van der Waals surface area contributed by atoms with E-state index >= 15 is 0 Å². The maximum atomic E-state index is 12.1. The third kappa shape index (κ3) is 4.56. The van der Waals surface area contributed by atoms with Crippen LogP contribution in [0.4, 0.5) is 5.69 Å². The molecule has 0 bridgehead atoms. The van der Waals surface area contributed by atoms with Gasteiger partial charge in [0.25, 0.3) is 0 Å². The minimum atomic E-state index is -0.201. The molecule has 5 nitrogen and oxygen atoms in total. The van der Waals surface area contributed by atoms with Crippen LogP contribution >= 0.6 is 0 Å². The van der Waals surface area contributed by atoms with Crippen molar-refractivity contribution >= 4 is 17.5 Å². The van der Waals surface area contributed by atoms with Crippen molar-refractivity contribution in [3.8, 4) is 0 Å². The number of aryl methyl sites for hydroxylation is 1. The summed E-state index contributed by atoms with van der Waals surface area (Å²) >= 11 is 0. The number of benzene rings is 1. The molecular formula is C17H24N2O3. The fraction of sp³-hybridized carbons (Fsp3) is 0.529. The third-order valence-corrected chi connectivity index (χ3v) is 3.92. The van der Waals surface area contributed by atoms with Crippen LogP contribution in [-0.4, -0.2) is 32.1 Å². The van der Waals surface area contributed by atoms with Crippen LogP contribution in [0.5, 0.6) is 0 Å². The molecule has 1 saturated carbocycles. The molecule has 0 heterocycles. The highest BCUT2D eigenvalue weighted by Crippen LogP contribution is 2.39. The maximum absolute atomic E-state index is 12.1. The Balaban J connectivity index is 1.74. The molecule has 1 aliphatic carbocycles. The third-order valence-electron chi connectivity index (χ3n) is 3.92. The summed E-state index contributed by atoms with van der Waals surface area (Å²) in [6.07, 6.45) is 2.40. The molecule has 2 atom stereocenters. The molecule has 0 aromatic heterocycles. The van der Waals surface area contributed by atoms with E-state index in [4.69, 9.17) is 4.74 Å². The number of carbonyl (C=O) groups is 2. The number of carbonyl (C=O) groups excluding carboxylic acids is 2. The second-order valence-corrected chi connectivity index (χ2v) is 5.63. The molecule has 1 aliphatic rings. The molecule has 0 radical (unpaired) electrons. The fourth-order valence-corrected chi connectivity index (χ4v) is 2.39. The van der Waals surface area contributed by atoms with Crippen LogP contribution in [0.1, 0.15) is 25.3 Å². The predicted octanol–water partition coefficient (Wildman–Crippen LogP) is 1.98. The Bertz CT molecular complexity index is 513. The molecule has 1 fully saturated rings. The molecule has 22 heavy (non-hydrogen) atoms. The highest BCUT2D eigenvalue weighted by atomic mass is 16.5. The van der Waals surface area contributed by atoms with Gasteiger partial charge in [-0.15, -0.1) is 0 Å². The first kappa shape index (κ1) is 16.5. The predicted molar refractivity (Wildman–Crippen MR) is 85.5 cm³/mol. The van der Waals surface area contributed by atoms with Gasteiger partial charge in [0.1, 0.15) is 0 Å². The van der Waals surface area contributed by atoms with E-state index < -0.39 is 0 Å². The number of nitrogens with one attached hydrogen (secondary N) is 2. The zero-order valence-electron chi connectivity index (χ0n) is 13.2. The van der Waals surface area contributed by atoms with Gasteiger partial charge < -0.3 is 15.4 Å². The van der Waals surface area contributed by atoms with Crippen LogP contribution in [0.25, 0.3) is 0 Å². The molecule has 0 aliphatic heterocycles. The molecule has 1 aromatic carbocycles. The highest BCUT2D eigenvalue weighted by molar-refractivity contribution is 5.99. The number of methoxy groups -OCH3 is 1. The second kappa shape index (κ2) is 7.94. The van der Waals surface area contributed by atoms with Crippen molar-refractivity contribution in [3.63, 3.8) is 0 Å². The van der Waals surface area contributed by atoms with E-state index in [2.05, 4.69) is 17.6 Å². The van der Waals surface area contributed by atoms with Crippen molar-refractivity contribution in [1.29, 1.82) is 0 Å². The molecule has 5 heteroatoms. The topological polar surface area (TPSA) is 67.4 Å². The molecule has 0 saturated heterocycles. The highest BCUT2D eigenvalue weighted by Gasteiger charge is 2.47. The zero-order valence-corrected chi connectivity index (χ0v) is 13.2. The number of ether oxygens (including phenoxy) is 1. The van der Waals surface area contributed by atoms with E-state index in [-0.39, 0.29) is 23.7 Å². The van der Waals surface area contributed by atoms with Crippen molar-refractivity contribution in [2.75, 3.05) is 25.6 Å². The van der Waals surface area contributed by atoms with Gasteiger partial charge >= 0.3 is 0 Å². The quantitative estimate of drug-likeness (QED) is 0.722. The minimum absolute atomic E-state index is 0.0300. The van der Waals surface area contributed by atoms with Gasteiger partial charge in [-0.3, -0.25) is 9.59 Å². The lowest BCUT2D eigenvalue weighted by Crippen LogP contribution is -2.28. The SMILES string of the molecule is CCc1ccc(NC(=O)C2CC2C(=O)NCCCOC)cc1. The number of hydrogen-bond acceptors (Lipinski definition) is 3. The van der Waals surface area contributed by atoms with Crippen LogP contribution in [0, 0.1) is 11.8 Å². The first-order valence-electron chi connectivity index (χ1n) is 7.82. The number of amides is 2. The van der Waals surface area contributed by atoms with Crippen LogP contribution in [0.15, 0.2) is 24.3 Å². The van der Waals surface area contributed by atoms with Gasteiger partial charge in [0.05, 0.1) is 11.8 Å². The average Bonchev–Trinajstić information content (AvgIpc) is 3.33. The number of anilines is 1. The normalized spacial score (nSPS) is 19.5. The Kier molecular flexibility index (Phi) is 5.95. The Morgan fingerprint density at radius 1 is 1.18 bits per heavy atom. The standard InChI is InChI=1S/C17H24N2O3/c1-3-12-5-7-13(8-6-12)19-17(21)15-11-14(15)16(20)18-9-4-10-22-2/h5-8,14-15H,3-4,9-11H2,1-2H3,(H,18,20)(H,19,21). The van der Waals surface area contributed by atoms with Gasteiger partial charge in [0.15, 0.2) is 0 Å². The van der Waals surface area contributed by atoms with E-state index in [1.54, 1.807) is 7.11 Å². The average molecular weight is 304 g/mol. The van der Waals surface area contributed by atoms with Crippen LogP contribution in [0.2, 0.25) is 0 Å². The van der Waals surface area contributed by atoms with E-state index in [0.717, 1.165) is 18.5 Å². The van der Waals surface area contributed by atoms with Crippen molar-refractivity contribution < 1.29 is 14.3 Å². The van der Waals surface area contributed by atoms with Gasteiger partial charge in [0.2, 0.25) is 11.8 Å². The van der Waals surface area contributed by atoms with Crippen molar-refractivity contribution in [3.05, 3.63) is 29.8 Å². The van der Waals surface area contributed by atoms with Crippen LogP contribution in [0.3, 0.4) is 0 Å². The number of hydrogen-bond donors (Lipinski definition) is 2. The molecule has 0 spiro atoms. The number of rotatable bonds is 8. The van der Waals surface area contributed by atoms with E-state index in [0.29, 0.717) is 19.6 Å². The molecule has 2 unspecified atom stereocenters. The fourth-order valence-electron chi connectivity index (χ4n) is 2.39. The summed E-state index contributed by atoms with van der Waals surface area (Å²) in [5.41, 5.74) is 2.02. The summed E-state index contributed by atoms with van der Waals surface area (Å²) in [5, 5.41) is 5.72. The molecule has 120 valence electrons. The van der Waals surface area contributed by atoms with Gasteiger partial charge in [0, 0.05) is 25.9 Å². The summed E-state index contributed by atoms with van der Waals surface area (Å²) in [6.45, 7) is 3.31. The lowest BCUT2D eigenvalue weighted by atomic mass is 10.1. The first-order chi connectivity index (χ1) is 10.7. The van der Waals surface area contributed by atoms with E-state index in [9.17, 15) is 9.59 Å². The molecule has 2 N–H and O–H groups in total.